The van der Waals surface area contributed by atoms with Crippen molar-refractivity contribution in [2.45, 2.75) is 62.6 Å². The molecule has 0 aromatic rings. The van der Waals surface area contributed by atoms with E-state index in [9.17, 15) is 0 Å². The summed E-state index contributed by atoms with van der Waals surface area (Å²) in [6, 6.07) is 1.10. The first-order chi connectivity index (χ1) is 9.36. The molecule has 0 radical (unpaired) electrons. The molecule has 0 aromatic carbocycles. The van der Waals surface area contributed by atoms with Gasteiger partial charge in [0.2, 0.25) is 0 Å². The van der Waals surface area contributed by atoms with Crippen molar-refractivity contribution in [1.82, 2.24) is 9.80 Å². The van der Waals surface area contributed by atoms with E-state index in [1.165, 1.54) is 12.8 Å². The van der Waals surface area contributed by atoms with Crippen molar-refractivity contribution >= 4 is 17.4 Å². The quantitative estimate of drug-likeness (QED) is 0.447. The molecule has 0 aliphatic rings. The maximum atomic E-state index is 4.53. The molecule has 120 valence electrons. The Hall–Kier alpha value is 0.516. The van der Waals surface area contributed by atoms with E-state index in [0.29, 0.717) is 12.1 Å². The number of hydrogen-bond acceptors (Lipinski definition) is 2. The molecule has 0 spiro atoms. The molecule has 2 unspecified atom stereocenters. The van der Waals surface area contributed by atoms with Crippen LogP contribution < -0.4 is 0 Å². The minimum atomic E-state index is 0.283. The molecule has 0 aliphatic heterocycles. The van der Waals surface area contributed by atoms with Crippen LogP contribution in [0.25, 0.3) is 5.32 Å². The molecule has 0 bridgehead atoms. The van der Waals surface area contributed by atoms with Crippen LogP contribution in [0, 0.1) is 0 Å². The molecule has 0 rings (SSSR count). The Morgan fingerprint density at radius 3 is 1.40 bits per heavy atom. The molecule has 0 fully saturated rings. The van der Waals surface area contributed by atoms with Gasteiger partial charge in [0.25, 0.3) is 0 Å². The van der Waals surface area contributed by atoms with Gasteiger partial charge >= 0.3 is 54.0 Å². The van der Waals surface area contributed by atoms with Crippen LogP contribution in [0.5, 0.6) is 0 Å². The number of rotatable bonds is 10. The molecule has 20 heavy (non-hydrogen) atoms. The SMILES string of the molecule is CC(C[N-]CC(C)N(C)C)N(C)C.CC[CH2][Ga+][CH2]CC. The van der Waals surface area contributed by atoms with E-state index in [-0.39, 0.29) is 17.4 Å². The third-order valence-electron chi connectivity index (χ3n) is 3.54. The van der Waals surface area contributed by atoms with Crippen molar-refractivity contribution in [2.75, 3.05) is 41.3 Å². The molecule has 0 aromatic heterocycles. The summed E-state index contributed by atoms with van der Waals surface area (Å²) in [5, 5.41) is 4.53. The van der Waals surface area contributed by atoms with Crippen LogP contribution >= 0.6 is 0 Å². The third kappa shape index (κ3) is 16.6. The molecule has 0 amide bonds. The van der Waals surface area contributed by atoms with Gasteiger partial charge in [0, 0.05) is 0 Å². The number of nitrogens with zero attached hydrogens (tertiary/aromatic N) is 3. The second-order valence-corrected chi connectivity index (χ2v) is 9.71. The van der Waals surface area contributed by atoms with E-state index in [1.54, 1.807) is 9.95 Å². The summed E-state index contributed by atoms with van der Waals surface area (Å²) in [5.74, 6) is 0. The Morgan fingerprint density at radius 2 is 1.15 bits per heavy atom. The molecule has 4 heteroatoms. The fraction of sp³-hybridized carbons (Fsp3) is 1.00. The molecule has 0 aliphatic carbocycles. The predicted octanol–water partition coefficient (Wildman–Crippen LogP) is 3.61. The second kappa shape index (κ2) is 15.9. The number of likely N-dealkylation sites (N-methyl/N-ethyl adjacent to an activating group) is 2. The second-order valence-electron chi connectivity index (χ2n) is 6.08. The van der Waals surface area contributed by atoms with Crippen molar-refractivity contribution in [3.8, 4) is 0 Å². The van der Waals surface area contributed by atoms with Crippen molar-refractivity contribution < 1.29 is 0 Å². The van der Waals surface area contributed by atoms with Gasteiger partial charge in [-0.25, -0.2) is 0 Å². The summed E-state index contributed by atoms with van der Waals surface area (Å²) in [4.78, 5) is 7.56. The predicted molar refractivity (Wildman–Crippen MR) is 95.3 cm³/mol. The summed E-state index contributed by atoms with van der Waals surface area (Å²) in [6.07, 6.45) is 2.86. The first kappa shape index (κ1) is 22.8. The van der Waals surface area contributed by atoms with Crippen LogP contribution in [0.2, 0.25) is 9.95 Å². The molecule has 0 N–H and O–H groups in total. The van der Waals surface area contributed by atoms with Crippen molar-refractivity contribution in [3.63, 3.8) is 0 Å². The van der Waals surface area contributed by atoms with Crippen LogP contribution in [0.15, 0.2) is 0 Å². The number of hydrogen-bond donors (Lipinski definition) is 0. The maximum absolute atomic E-state index is 4.53. The average molecular weight is 342 g/mol. The van der Waals surface area contributed by atoms with Crippen LogP contribution in [-0.4, -0.2) is 80.6 Å². The first-order valence-electron chi connectivity index (χ1n) is 8.14. The molecular weight excluding hydrogens is 304 g/mol. The minimum absolute atomic E-state index is 0.283. The van der Waals surface area contributed by atoms with Gasteiger partial charge in [-0.15, -0.1) is 13.1 Å². The van der Waals surface area contributed by atoms with Crippen LogP contribution in [-0.2, 0) is 0 Å². The summed E-state index contributed by atoms with van der Waals surface area (Å²) < 4.78 is 0. The van der Waals surface area contributed by atoms with Gasteiger partial charge in [-0.05, 0) is 40.3 Å². The van der Waals surface area contributed by atoms with Gasteiger partial charge in [-0.2, -0.15) is 0 Å². The van der Waals surface area contributed by atoms with E-state index in [2.05, 4.69) is 71.0 Å². The zero-order chi connectivity index (χ0) is 16.0. The molecule has 3 nitrogen and oxygen atoms in total. The molecule has 0 heterocycles. The van der Waals surface area contributed by atoms with Gasteiger partial charge in [0.1, 0.15) is 0 Å². The standard InChI is InChI=1S/C10H24N3.2C3H7.Ga/c1-9(12(3)4)7-11-8-10(2)13(5)6;2*1-3-2;/h9-10H,7-8H2,1-6H3;2*1,3H2,2H3;/q-1;;;+1. The third-order valence-corrected chi connectivity index (χ3v) is 7.67. The van der Waals surface area contributed by atoms with Crippen LogP contribution in [0.3, 0.4) is 0 Å². The van der Waals surface area contributed by atoms with E-state index >= 15 is 0 Å². The zero-order valence-electron chi connectivity index (χ0n) is 15.3. The van der Waals surface area contributed by atoms with Crippen molar-refractivity contribution in [2.24, 2.45) is 0 Å². The Kier molecular flexibility index (Phi) is 18.1. The molecule has 0 saturated heterocycles. The van der Waals surface area contributed by atoms with Gasteiger partial charge in [-0.3, -0.25) is 0 Å². The van der Waals surface area contributed by atoms with Crippen molar-refractivity contribution in [1.29, 1.82) is 0 Å². The fourth-order valence-corrected chi connectivity index (χ4v) is 3.65. The normalized spacial score (nSPS) is 13.7. The Labute approximate surface area is 136 Å². The molecule has 2 atom stereocenters. The van der Waals surface area contributed by atoms with E-state index in [1.807, 2.05) is 0 Å². The van der Waals surface area contributed by atoms with E-state index in [4.69, 9.17) is 0 Å². The summed E-state index contributed by atoms with van der Waals surface area (Å²) in [7, 11) is 8.37. The first-order valence-corrected chi connectivity index (χ1v) is 11.6. The zero-order valence-corrected chi connectivity index (χ0v) is 17.7. The Bertz CT molecular complexity index is 169. The van der Waals surface area contributed by atoms with Crippen LogP contribution in [0.1, 0.15) is 40.5 Å². The van der Waals surface area contributed by atoms with Gasteiger partial charge in [-0.1, -0.05) is 13.8 Å². The average Bonchev–Trinajstić information content (AvgIpc) is 2.39. The fourth-order valence-electron chi connectivity index (χ4n) is 1.33. The summed E-state index contributed by atoms with van der Waals surface area (Å²) in [6.45, 7) is 10.8. The Morgan fingerprint density at radius 1 is 0.800 bits per heavy atom. The summed E-state index contributed by atoms with van der Waals surface area (Å²) in [5.41, 5.74) is 0. The Balaban J connectivity index is 0. The molecule has 0 saturated carbocycles. The van der Waals surface area contributed by atoms with E-state index < -0.39 is 0 Å². The monoisotopic (exact) mass is 341 g/mol. The van der Waals surface area contributed by atoms with Crippen molar-refractivity contribution in [3.05, 3.63) is 5.32 Å². The van der Waals surface area contributed by atoms with E-state index in [0.717, 1.165) is 13.1 Å². The topological polar surface area (TPSA) is 20.6 Å². The van der Waals surface area contributed by atoms with Gasteiger partial charge in [0.15, 0.2) is 0 Å². The van der Waals surface area contributed by atoms with Gasteiger partial charge in [0.05, 0.1) is 0 Å². The van der Waals surface area contributed by atoms with Crippen LogP contribution in [0.4, 0.5) is 0 Å². The molecular formula is C16H38GaN3. The van der Waals surface area contributed by atoms with Gasteiger partial charge < -0.3 is 15.1 Å². The summed E-state index contributed by atoms with van der Waals surface area (Å²) >= 11 is 0.283.